The summed E-state index contributed by atoms with van der Waals surface area (Å²) in [5.41, 5.74) is 2.11. The van der Waals surface area contributed by atoms with Crippen LogP contribution in [0.2, 0.25) is 0 Å². The molecule has 0 radical (unpaired) electrons. The van der Waals surface area contributed by atoms with Gasteiger partial charge in [0.2, 0.25) is 0 Å². The number of fused-ring (bicyclic) bond motifs is 1. The lowest BCUT2D eigenvalue weighted by atomic mass is 9.79. The Morgan fingerprint density at radius 2 is 2.40 bits per heavy atom. The first-order chi connectivity index (χ1) is 7.33. The molecule has 15 heavy (non-hydrogen) atoms. The highest BCUT2D eigenvalue weighted by Gasteiger charge is 2.29. The zero-order valence-electron chi connectivity index (χ0n) is 8.90. The molecule has 0 aliphatic carbocycles. The van der Waals surface area contributed by atoms with Crippen molar-refractivity contribution < 1.29 is 9.68 Å². The molecule has 2 rings (SSSR count). The van der Waals surface area contributed by atoms with Crippen molar-refractivity contribution in [2.24, 2.45) is 0 Å². The predicted molar refractivity (Wildman–Crippen MR) is 64.5 cm³/mol. The zero-order chi connectivity index (χ0) is 10.7. The van der Waals surface area contributed by atoms with Crippen LogP contribution in [-0.2, 0) is 11.3 Å². The van der Waals surface area contributed by atoms with E-state index in [2.05, 4.69) is 13.0 Å². The summed E-state index contributed by atoms with van der Waals surface area (Å²) in [6.07, 6.45) is 2.42. The van der Waals surface area contributed by atoms with Crippen molar-refractivity contribution >= 4 is 24.3 Å². The van der Waals surface area contributed by atoms with Gasteiger partial charge < -0.3 is 9.68 Å². The highest BCUT2D eigenvalue weighted by Crippen LogP contribution is 2.22. The molecule has 2 nitrogen and oxygen atoms in total. The molecule has 0 atom stereocenters. The number of benzene rings is 1. The molecule has 0 aromatic heterocycles. The first-order valence-corrected chi connectivity index (χ1v) is 6.35. The molecule has 1 aliphatic rings. The summed E-state index contributed by atoms with van der Waals surface area (Å²) >= 11 is 1.81. The second-order valence-corrected chi connectivity index (χ2v) is 4.83. The van der Waals surface area contributed by atoms with E-state index >= 15 is 0 Å². The van der Waals surface area contributed by atoms with Gasteiger partial charge in [-0.25, -0.2) is 0 Å². The summed E-state index contributed by atoms with van der Waals surface area (Å²) in [5, 5.41) is 9.68. The minimum Gasteiger partial charge on any atom is -0.423 e. The van der Waals surface area contributed by atoms with Gasteiger partial charge in [0.05, 0.1) is 6.61 Å². The molecular weight excluding hydrogens is 207 g/mol. The van der Waals surface area contributed by atoms with E-state index in [1.807, 2.05) is 23.9 Å². The van der Waals surface area contributed by atoms with Gasteiger partial charge in [-0.15, -0.1) is 11.8 Å². The summed E-state index contributed by atoms with van der Waals surface area (Å²) in [7, 11) is -0.717. The van der Waals surface area contributed by atoms with E-state index in [9.17, 15) is 5.02 Å². The third kappa shape index (κ3) is 2.38. The Morgan fingerprint density at radius 3 is 3.20 bits per heavy atom. The van der Waals surface area contributed by atoms with E-state index in [-0.39, 0.29) is 0 Å². The molecule has 0 saturated carbocycles. The van der Waals surface area contributed by atoms with Crippen LogP contribution >= 0.6 is 11.8 Å². The Bertz CT molecular complexity index is 343. The van der Waals surface area contributed by atoms with Gasteiger partial charge >= 0.3 is 7.12 Å². The lowest BCUT2D eigenvalue weighted by molar-refractivity contribution is 0.275. The van der Waals surface area contributed by atoms with Gasteiger partial charge in [0, 0.05) is 10.4 Å². The second-order valence-electron chi connectivity index (χ2n) is 3.69. The van der Waals surface area contributed by atoms with Crippen molar-refractivity contribution in [3.05, 3.63) is 23.8 Å². The lowest BCUT2D eigenvalue weighted by Crippen LogP contribution is -2.29. The first-order valence-electron chi connectivity index (χ1n) is 5.37. The van der Waals surface area contributed by atoms with Gasteiger partial charge in [0.25, 0.3) is 0 Å². The highest BCUT2D eigenvalue weighted by atomic mass is 32.2. The van der Waals surface area contributed by atoms with Crippen molar-refractivity contribution in [2.75, 3.05) is 5.75 Å². The molecule has 0 spiro atoms. The first kappa shape index (κ1) is 11.1. The molecule has 0 bridgehead atoms. The van der Waals surface area contributed by atoms with E-state index in [4.69, 9.17) is 4.65 Å². The maximum Gasteiger partial charge on any atom is 0.492 e. The Kier molecular flexibility index (Phi) is 3.73. The molecule has 0 unspecified atom stereocenters. The van der Waals surface area contributed by atoms with Crippen molar-refractivity contribution in [1.29, 1.82) is 0 Å². The number of unbranched alkanes of at least 4 members (excludes halogenated alkanes) is 1. The molecule has 1 aromatic carbocycles. The molecular formula is C11H15BO2S. The second kappa shape index (κ2) is 5.06. The van der Waals surface area contributed by atoms with E-state index in [1.54, 1.807) is 0 Å². The number of thioether (sulfide) groups is 1. The minimum atomic E-state index is -0.717. The van der Waals surface area contributed by atoms with Crippen molar-refractivity contribution in [3.8, 4) is 0 Å². The molecule has 0 saturated heterocycles. The maximum absolute atomic E-state index is 9.68. The maximum atomic E-state index is 9.68. The standard InChI is InChI=1S/C11H15BO2S/c1-2-3-7-15-10-6-4-5-9-8-14-12(13)11(9)10/h4-6,13H,2-3,7-8H2,1H3. The molecule has 0 amide bonds. The summed E-state index contributed by atoms with van der Waals surface area (Å²) in [6, 6.07) is 6.13. The third-order valence-electron chi connectivity index (χ3n) is 2.56. The number of hydrogen-bond donors (Lipinski definition) is 1. The smallest absolute Gasteiger partial charge is 0.423 e. The van der Waals surface area contributed by atoms with Crippen LogP contribution in [0.15, 0.2) is 23.1 Å². The summed E-state index contributed by atoms with van der Waals surface area (Å²) in [4.78, 5) is 1.17. The van der Waals surface area contributed by atoms with Crippen LogP contribution < -0.4 is 5.46 Å². The molecule has 1 aromatic rings. The van der Waals surface area contributed by atoms with Crippen molar-refractivity contribution in [2.45, 2.75) is 31.3 Å². The zero-order valence-corrected chi connectivity index (χ0v) is 9.72. The fraction of sp³-hybridized carbons (Fsp3) is 0.455. The highest BCUT2D eigenvalue weighted by molar-refractivity contribution is 7.99. The molecule has 1 heterocycles. The monoisotopic (exact) mass is 222 g/mol. The fourth-order valence-electron chi connectivity index (χ4n) is 1.70. The van der Waals surface area contributed by atoms with Crippen LogP contribution in [0.25, 0.3) is 0 Å². The third-order valence-corrected chi connectivity index (χ3v) is 3.72. The van der Waals surface area contributed by atoms with Gasteiger partial charge in [-0.3, -0.25) is 0 Å². The number of hydrogen-bond acceptors (Lipinski definition) is 3. The molecule has 4 heteroatoms. The molecule has 0 fully saturated rings. The predicted octanol–water partition coefficient (Wildman–Crippen LogP) is 1.80. The van der Waals surface area contributed by atoms with Gasteiger partial charge in [0.15, 0.2) is 0 Å². The SMILES string of the molecule is CCCCSc1cccc2c1B(O)OC2. The van der Waals surface area contributed by atoms with Gasteiger partial charge in [-0.1, -0.05) is 25.5 Å². The van der Waals surface area contributed by atoms with Crippen LogP contribution in [0.1, 0.15) is 25.3 Å². The average molecular weight is 222 g/mol. The van der Waals surface area contributed by atoms with E-state index in [1.165, 1.54) is 17.7 Å². The molecule has 1 N–H and O–H groups in total. The van der Waals surface area contributed by atoms with E-state index < -0.39 is 7.12 Å². The van der Waals surface area contributed by atoms with E-state index in [0.717, 1.165) is 16.8 Å². The normalized spacial score (nSPS) is 14.4. The quantitative estimate of drug-likeness (QED) is 0.478. The van der Waals surface area contributed by atoms with Gasteiger partial charge in [-0.05, 0) is 23.8 Å². The van der Waals surface area contributed by atoms with Crippen LogP contribution in [0, 0.1) is 0 Å². The molecule has 1 aliphatic heterocycles. The van der Waals surface area contributed by atoms with Crippen molar-refractivity contribution in [3.63, 3.8) is 0 Å². The summed E-state index contributed by atoms with van der Waals surface area (Å²) in [5.74, 6) is 1.11. The Labute approximate surface area is 95.2 Å². The van der Waals surface area contributed by atoms with Crippen LogP contribution in [0.3, 0.4) is 0 Å². The Balaban J connectivity index is 2.14. The van der Waals surface area contributed by atoms with Gasteiger partial charge in [-0.2, -0.15) is 0 Å². The van der Waals surface area contributed by atoms with Crippen LogP contribution in [-0.4, -0.2) is 17.9 Å². The van der Waals surface area contributed by atoms with Crippen LogP contribution in [0.5, 0.6) is 0 Å². The summed E-state index contributed by atoms with van der Waals surface area (Å²) < 4.78 is 5.21. The van der Waals surface area contributed by atoms with Crippen molar-refractivity contribution in [1.82, 2.24) is 0 Å². The number of rotatable bonds is 4. The fourth-order valence-corrected chi connectivity index (χ4v) is 2.92. The van der Waals surface area contributed by atoms with Gasteiger partial charge in [0.1, 0.15) is 0 Å². The Morgan fingerprint density at radius 1 is 1.53 bits per heavy atom. The largest absolute Gasteiger partial charge is 0.492 e. The summed E-state index contributed by atoms with van der Waals surface area (Å²) in [6.45, 7) is 2.73. The average Bonchev–Trinajstić information content (AvgIpc) is 2.62. The minimum absolute atomic E-state index is 0.540. The lowest BCUT2D eigenvalue weighted by Gasteiger charge is -2.07. The molecule has 80 valence electrons. The van der Waals surface area contributed by atoms with E-state index in [0.29, 0.717) is 6.61 Å². The Hall–Kier alpha value is -0.445. The van der Waals surface area contributed by atoms with Crippen LogP contribution in [0.4, 0.5) is 0 Å². The topological polar surface area (TPSA) is 29.5 Å².